The largest absolute Gasteiger partial charge is 0.416 e. The summed E-state index contributed by atoms with van der Waals surface area (Å²) in [5, 5.41) is 16.8. The van der Waals surface area contributed by atoms with Crippen molar-refractivity contribution >= 4 is 0 Å². The number of β-amino-alcohol motifs (C(OH)–C–C–N with tert-alkyl or cyclic N) is 1. The fourth-order valence-corrected chi connectivity index (χ4v) is 3.18. The molecule has 1 aromatic heterocycles. The van der Waals surface area contributed by atoms with Crippen molar-refractivity contribution in [3.8, 4) is 0 Å². The van der Waals surface area contributed by atoms with Crippen molar-refractivity contribution in [1.29, 1.82) is 0 Å². The summed E-state index contributed by atoms with van der Waals surface area (Å²) in [7, 11) is 0. The van der Waals surface area contributed by atoms with E-state index in [1.807, 2.05) is 11.8 Å². The molecular formula is C16H19F3N4O. The molecule has 0 bridgehead atoms. The number of likely N-dealkylation sites (tertiary alicyclic amines) is 1. The Bertz CT molecular complexity index is 701. The molecule has 3 rings (SSSR count). The Labute approximate surface area is 137 Å². The number of aryl methyl sites for hydroxylation is 1. The molecule has 1 aliphatic heterocycles. The number of aromatic nitrogens is 3. The van der Waals surface area contributed by atoms with Crippen LogP contribution >= 0.6 is 0 Å². The Morgan fingerprint density at radius 3 is 2.75 bits per heavy atom. The van der Waals surface area contributed by atoms with E-state index in [0.29, 0.717) is 31.2 Å². The summed E-state index contributed by atoms with van der Waals surface area (Å²) in [6.45, 7) is 2.55. The minimum absolute atomic E-state index is 0.191. The van der Waals surface area contributed by atoms with Gasteiger partial charge in [-0.3, -0.25) is 10.00 Å². The predicted octanol–water partition coefficient (Wildman–Crippen LogP) is 2.69. The quantitative estimate of drug-likeness (QED) is 0.898. The molecule has 2 heterocycles. The zero-order valence-electron chi connectivity index (χ0n) is 13.2. The van der Waals surface area contributed by atoms with Crippen molar-refractivity contribution < 1.29 is 18.3 Å². The van der Waals surface area contributed by atoms with Gasteiger partial charge in [-0.25, -0.2) is 4.98 Å². The maximum atomic E-state index is 13.3. The van der Waals surface area contributed by atoms with Crippen molar-refractivity contribution in [3.63, 3.8) is 0 Å². The molecule has 0 radical (unpaired) electrons. The van der Waals surface area contributed by atoms with Gasteiger partial charge in [0, 0.05) is 19.0 Å². The normalized spacial score (nSPS) is 22.2. The molecule has 0 amide bonds. The van der Waals surface area contributed by atoms with Gasteiger partial charge in [-0.1, -0.05) is 25.1 Å². The van der Waals surface area contributed by atoms with Gasteiger partial charge in [0.15, 0.2) is 0 Å². The van der Waals surface area contributed by atoms with Crippen LogP contribution in [0.1, 0.15) is 42.2 Å². The van der Waals surface area contributed by atoms with Crippen molar-refractivity contribution in [2.45, 2.75) is 44.6 Å². The number of alkyl halides is 3. The van der Waals surface area contributed by atoms with Crippen molar-refractivity contribution in [2.24, 2.45) is 0 Å². The molecule has 5 nitrogen and oxygen atoms in total. The Morgan fingerprint density at radius 2 is 2.08 bits per heavy atom. The summed E-state index contributed by atoms with van der Waals surface area (Å²) in [4.78, 5) is 6.12. The first-order chi connectivity index (χ1) is 11.4. The summed E-state index contributed by atoms with van der Waals surface area (Å²) >= 11 is 0. The van der Waals surface area contributed by atoms with Gasteiger partial charge in [0.25, 0.3) is 0 Å². The average Bonchev–Trinajstić information content (AvgIpc) is 3.13. The van der Waals surface area contributed by atoms with E-state index in [2.05, 4.69) is 15.2 Å². The van der Waals surface area contributed by atoms with Crippen LogP contribution in [0.15, 0.2) is 24.3 Å². The molecule has 1 saturated heterocycles. The topological polar surface area (TPSA) is 65.0 Å². The van der Waals surface area contributed by atoms with Crippen molar-refractivity contribution in [3.05, 3.63) is 47.0 Å². The van der Waals surface area contributed by atoms with E-state index in [1.54, 1.807) is 6.07 Å². The minimum atomic E-state index is -4.42. The molecule has 0 aliphatic carbocycles. The molecule has 1 aromatic carbocycles. The first kappa shape index (κ1) is 16.9. The number of aliphatic hydroxyl groups excluding tert-OH is 1. The van der Waals surface area contributed by atoms with E-state index in [4.69, 9.17) is 0 Å². The lowest BCUT2D eigenvalue weighted by molar-refractivity contribution is -0.138. The third-order valence-corrected chi connectivity index (χ3v) is 4.25. The number of nitrogens with one attached hydrogen (secondary N) is 1. The van der Waals surface area contributed by atoms with E-state index in [9.17, 15) is 18.3 Å². The van der Waals surface area contributed by atoms with E-state index in [0.717, 1.165) is 6.07 Å². The highest BCUT2D eigenvalue weighted by atomic mass is 19.4. The molecule has 0 spiro atoms. The molecule has 24 heavy (non-hydrogen) atoms. The van der Waals surface area contributed by atoms with Crippen molar-refractivity contribution in [1.82, 2.24) is 20.1 Å². The van der Waals surface area contributed by atoms with Gasteiger partial charge >= 0.3 is 6.18 Å². The summed E-state index contributed by atoms with van der Waals surface area (Å²) in [5.74, 6) is 1.26. The van der Waals surface area contributed by atoms with E-state index >= 15 is 0 Å². The van der Waals surface area contributed by atoms with E-state index in [-0.39, 0.29) is 12.0 Å². The lowest BCUT2D eigenvalue weighted by atomic mass is 9.97. The van der Waals surface area contributed by atoms with Gasteiger partial charge in [0.05, 0.1) is 18.2 Å². The van der Waals surface area contributed by atoms with Crippen LogP contribution in [0.4, 0.5) is 13.2 Å². The number of nitrogens with zero attached hydrogens (tertiary/aromatic N) is 3. The Hall–Kier alpha value is -1.93. The van der Waals surface area contributed by atoms with Crippen LogP contribution in [-0.2, 0) is 19.1 Å². The number of H-pyrrole nitrogens is 1. The Balaban J connectivity index is 1.88. The predicted molar refractivity (Wildman–Crippen MR) is 81.0 cm³/mol. The second-order valence-corrected chi connectivity index (χ2v) is 5.97. The van der Waals surface area contributed by atoms with Crippen LogP contribution in [0.3, 0.4) is 0 Å². The molecule has 2 unspecified atom stereocenters. The smallest absolute Gasteiger partial charge is 0.392 e. The van der Waals surface area contributed by atoms with Crippen LogP contribution in [0.5, 0.6) is 0 Å². The maximum absolute atomic E-state index is 13.3. The zero-order chi connectivity index (χ0) is 17.3. The third kappa shape index (κ3) is 3.44. The number of benzene rings is 1. The SMILES string of the molecule is CCc1n[nH]c(CN2CC(O)CC2c2ccccc2C(F)(F)F)n1. The fourth-order valence-electron chi connectivity index (χ4n) is 3.18. The van der Waals surface area contributed by atoms with E-state index in [1.165, 1.54) is 12.1 Å². The summed E-state index contributed by atoms with van der Waals surface area (Å²) in [6, 6.07) is 5.04. The summed E-state index contributed by atoms with van der Waals surface area (Å²) in [6.07, 6.45) is -4.14. The van der Waals surface area contributed by atoms with E-state index < -0.39 is 23.9 Å². The van der Waals surface area contributed by atoms with Gasteiger partial charge in [0.1, 0.15) is 11.6 Å². The van der Waals surface area contributed by atoms with Crippen LogP contribution in [0.2, 0.25) is 0 Å². The summed E-state index contributed by atoms with van der Waals surface area (Å²) in [5.41, 5.74) is -0.460. The highest BCUT2D eigenvalue weighted by molar-refractivity contribution is 5.33. The van der Waals surface area contributed by atoms with Gasteiger partial charge in [-0.05, 0) is 18.1 Å². The molecule has 2 atom stereocenters. The van der Waals surface area contributed by atoms with Crippen LogP contribution < -0.4 is 0 Å². The van der Waals surface area contributed by atoms with Gasteiger partial charge in [0.2, 0.25) is 0 Å². The molecular weight excluding hydrogens is 321 g/mol. The standard InChI is InChI=1S/C16H19F3N4O/c1-2-14-20-15(22-21-14)9-23-8-10(24)7-13(23)11-5-3-4-6-12(11)16(17,18)19/h3-6,10,13,24H,2,7-9H2,1H3,(H,20,21,22). The number of rotatable bonds is 4. The first-order valence-corrected chi connectivity index (χ1v) is 7.87. The number of halogens is 3. The third-order valence-electron chi connectivity index (χ3n) is 4.25. The minimum Gasteiger partial charge on any atom is -0.392 e. The second kappa shape index (κ2) is 6.52. The molecule has 1 fully saturated rings. The lowest BCUT2D eigenvalue weighted by Gasteiger charge is -2.26. The molecule has 0 saturated carbocycles. The Morgan fingerprint density at radius 1 is 1.33 bits per heavy atom. The maximum Gasteiger partial charge on any atom is 0.416 e. The average molecular weight is 340 g/mol. The van der Waals surface area contributed by atoms with Gasteiger partial charge < -0.3 is 5.11 Å². The summed E-state index contributed by atoms with van der Waals surface area (Å²) < 4.78 is 39.9. The van der Waals surface area contributed by atoms with Crippen LogP contribution in [0, 0.1) is 0 Å². The Kier molecular flexibility index (Phi) is 4.60. The number of hydrogen-bond donors (Lipinski definition) is 2. The van der Waals surface area contributed by atoms with Crippen molar-refractivity contribution in [2.75, 3.05) is 6.54 Å². The first-order valence-electron chi connectivity index (χ1n) is 7.87. The molecule has 2 aromatic rings. The van der Waals surface area contributed by atoms with Crippen LogP contribution in [-0.4, -0.2) is 37.8 Å². The highest BCUT2D eigenvalue weighted by Gasteiger charge is 2.39. The molecule has 130 valence electrons. The van der Waals surface area contributed by atoms with Gasteiger partial charge in [-0.2, -0.15) is 18.3 Å². The number of aliphatic hydroxyl groups is 1. The molecule has 1 aliphatic rings. The van der Waals surface area contributed by atoms with Crippen LogP contribution in [0.25, 0.3) is 0 Å². The molecule has 2 N–H and O–H groups in total. The fraction of sp³-hybridized carbons (Fsp3) is 0.500. The second-order valence-electron chi connectivity index (χ2n) is 5.97. The highest BCUT2D eigenvalue weighted by Crippen LogP contribution is 2.40. The monoisotopic (exact) mass is 340 g/mol. The number of hydrogen-bond acceptors (Lipinski definition) is 4. The lowest BCUT2D eigenvalue weighted by Crippen LogP contribution is -2.26. The van der Waals surface area contributed by atoms with Gasteiger partial charge in [-0.15, -0.1) is 0 Å². The zero-order valence-corrected chi connectivity index (χ0v) is 13.2. The number of aromatic amines is 1. The molecule has 8 heteroatoms.